The van der Waals surface area contributed by atoms with Crippen LogP contribution in [-0.4, -0.2) is 54.0 Å². The van der Waals surface area contributed by atoms with Crippen LogP contribution in [0.25, 0.3) is 0 Å². The molecule has 2 heterocycles. The van der Waals surface area contributed by atoms with E-state index in [0.717, 1.165) is 45.1 Å². The predicted molar refractivity (Wildman–Crippen MR) is 82.2 cm³/mol. The van der Waals surface area contributed by atoms with Crippen LogP contribution in [0.1, 0.15) is 46.5 Å². The zero-order chi connectivity index (χ0) is 16.8. The molecule has 2 amide bonds. The highest BCUT2D eigenvalue weighted by Gasteiger charge is 2.33. The first kappa shape index (κ1) is 18.4. The molecule has 0 radical (unpaired) electrons. The number of nitrogens with one attached hydrogen (secondary N) is 1. The molecule has 2 atom stereocenters. The molecule has 0 spiro atoms. The molecule has 126 valence electrons. The molecule has 2 aliphatic rings. The Balaban J connectivity index is 0.000000261. The fourth-order valence-corrected chi connectivity index (χ4v) is 2.60. The molecule has 2 saturated heterocycles. The van der Waals surface area contributed by atoms with Gasteiger partial charge < -0.3 is 25.5 Å². The van der Waals surface area contributed by atoms with Crippen molar-refractivity contribution in [3.05, 3.63) is 0 Å². The Bertz CT molecular complexity index is 400. The zero-order valence-corrected chi connectivity index (χ0v) is 13.6. The number of carbonyl (C=O) groups is 3. The van der Waals surface area contributed by atoms with Gasteiger partial charge in [0.2, 0.25) is 5.91 Å². The standard InChI is InChI=1S/C10H16N2O2.C5H11NO2/c13-7-8-3-2-6-12(8)10(14)9-4-1-5-11-9;1-5(2,3)8-4(6)7/h7-9,11H,1-6H2;1-3H3,(H2,6,7)/t8-,9-;/m0./s1. The van der Waals surface area contributed by atoms with Gasteiger partial charge in [-0.05, 0) is 53.0 Å². The molecule has 2 aliphatic heterocycles. The Morgan fingerprint density at radius 2 is 1.95 bits per heavy atom. The minimum Gasteiger partial charge on any atom is -0.444 e. The van der Waals surface area contributed by atoms with Gasteiger partial charge in [-0.15, -0.1) is 0 Å². The first-order valence-electron chi connectivity index (χ1n) is 7.72. The van der Waals surface area contributed by atoms with Crippen LogP contribution in [0.4, 0.5) is 4.79 Å². The second-order valence-corrected chi connectivity index (χ2v) is 6.56. The summed E-state index contributed by atoms with van der Waals surface area (Å²) in [5, 5.41) is 3.17. The minimum absolute atomic E-state index is 0.0319. The van der Waals surface area contributed by atoms with E-state index >= 15 is 0 Å². The van der Waals surface area contributed by atoms with Gasteiger partial charge in [0, 0.05) is 6.54 Å². The van der Waals surface area contributed by atoms with Crippen molar-refractivity contribution in [2.24, 2.45) is 5.73 Å². The Hall–Kier alpha value is -1.63. The molecule has 2 rings (SSSR count). The van der Waals surface area contributed by atoms with Crippen molar-refractivity contribution in [1.29, 1.82) is 0 Å². The van der Waals surface area contributed by atoms with Crippen LogP contribution >= 0.6 is 0 Å². The summed E-state index contributed by atoms with van der Waals surface area (Å²) in [5.41, 5.74) is 4.26. The van der Waals surface area contributed by atoms with E-state index in [1.165, 1.54) is 0 Å². The van der Waals surface area contributed by atoms with Gasteiger partial charge in [-0.25, -0.2) is 4.79 Å². The van der Waals surface area contributed by atoms with Crippen molar-refractivity contribution >= 4 is 18.3 Å². The maximum absolute atomic E-state index is 11.9. The van der Waals surface area contributed by atoms with Crippen LogP contribution in [0.2, 0.25) is 0 Å². The van der Waals surface area contributed by atoms with E-state index in [4.69, 9.17) is 5.73 Å². The van der Waals surface area contributed by atoms with Crippen molar-refractivity contribution in [2.75, 3.05) is 13.1 Å². The van der Waals surface area contributed by atoms with Gasteiger partial charge >= 0.3 is 6.09 Å². The lowest BCUT2D eigenvalue weighted by atomic mass is 10.2. The number of ether oxygens (including phenoxy) is 1. The molecule has 2 fully saturated rings. The number of amides is 2. The maximum atomic E-state index is 11.9. The number of primary amides is 1. The second-order valence-electron chi connectivity index (χ2n) is 6.56. The number of hydrogen-bond acceptors (Lipinski definition) is 5. The van der Waals surface area contributed by atoms with Crippen LogP contribution in [-0.2, 0) is 14.3 Å². The molecule has 0 unspecified atom stereocenters. The maximum Gasteiger partial charge on any atom is 0.405 e. The lowest BCUT2D eigenvalue weighted by Gasteiger charge is -2.23. The number of rotatable bonds is 2. The summed E-state index contributed by atoms with van der Waals surface area (Å²) >= 11 is 0. The number of likely N-dealkylation sites (tertiary alicyclic amines) is 1. The summed E-state index contributed by atoms with van der Waals surface area (Å²) in [4.78, 5) is 34.4. The van der Waals surface area contributed by atoms with Crippen LogP contribution in [0.15, 0.2) is 0 Å². The van der Waals surface area contributed by atoms with Crippen LogP contribution in [0.5, 0.6) is 0 Å². The predicted octanol–water partition coefficient (Wildman–Crippen LogP) is 0.809. The fraction of sp³-hybridized carbons (Fsp3) is 0.800. The Labute approximate surface area is 131 Å². The van der Waals surface area contributed by atoms with Gasteiger partial charge in [0.05, 0.1) is 12.1 Å². The van der Waals surface area contributed by atoms with E-state index in [9.17, 15) is 14.4 Å². The summed E-state index contributed by atoms with van der Waals surface area (Å²) in [6.07, 6.45) is 3.96. The van der Waals surface area contributed by atoms with E-state index in [0.29, 0.717) is 0 Å². The Kier molecular flexibility index (Phi) is 6.80. The summed E-state index contributed by atoms with van der Waals surface area (Å²) in [6.45, 7) is 6.96. The average molecular weight is 313 g/mol. The molecule has 0 aromatic rings. The molecule has 0 saturated carbocycles. The molecule has 0 aliphatic carbocycles. The van der Waals surface area contributed by atoms with Crippen LogP contribution in [0.3, 0.4) is 0 Å². The highest BCUT2D eigenvalue weighted by atomic mass is 16.6. The highest BCUT2D eigenvalue weighted by Crippen LogP contribution is 2.18. The molecular formula is C15H27N3O4. The van der Waals surface area contributed by atoms with Gasteiger partial charge in [0.15, 0.2) is 0 Å². The smallest absolute Gasteiger partial charge is 0.405 e. The number of aldehydes is 1. The third-order valence-corrected chi connectivity index (χ3v) is 3.50. The lowest BCUT2D eigenvalue weighted by molar-refractivity contribution is -0.136. The van der Waals surface area contributed by atoms with E-state index in [1.807, 2.05) is 0 Å². The molecule has 0 aromatic heterocycles. The zero-order valence-electron chi connectivity index (χ0n) is 13.6. The van der Waals surface area contributed by atoms with Gasteiger partial charge in [-0.3, -0.25) is 4.79 Å². The van der Waals surface area contributed by atoms with Gasteiger partial charge in [0.25, 0.3) is 0 Å². The SMILES string of the molecule is CC(C)(C)OC(N)=O.O=C[C@@H]1CCCN1C(=O)[C@@H]1CCCN1. The van der Waals surface area contributed by atoms with Gasteiger partial charge in [-0.1, -0.05) is 0 Å². The topological polar surface area (TPSA) is 102 Å². The lowest BCUT2D eigenvalue weighted by Crippen LogP contribution is -2.46. The van der Waals surface area contributed by atoms with Crippen molar-refractivity contribution in [1.82, 2.24) is 10.2 Å². The quantitative estimate of drug-likeness (QED) is 0.735. The molecule has 22 heavy (non-hydrogen) atoms. The largest absolute Gasteiger partial charge is 0.444 e. The third kappa shape index (κ3) is 6.01. The van der Waals surface area contributed by atoms with E-state index < -0.39 is 11.7 Å². The molecule has 7 heteroatoms. The van der Waals surface area contributed by atoms with E-state index in [-0.39, 0.29) is 18.0 Å². The molecule has 7 nitrogen and oxygen atoms in total. The van der Waals surface area contributed by atoms with Crippen molar-refractivity contribution in [2.45, 2.75) is 64.1 Å². The minimum atomic E-state index is -0.725. The van der Waals surface area contributed by atoms with Crippen LogP contribution in [0, 0.1) is 0 Å². The fourth-order valence-electron chi connectivity index (χ4n) is 2.60. The number of nitrogens with two attached hydrogens (primary N) is 1. The molecule has 3 N–H and O–H groups in total. The molecular weight excluding hydrogens is 286 g/mol. The van der Waals surface area contributed by atoms with E-state index in [1.54, 1.807) is 25.7 Å². The first-order valence-corrected chi connectivity index (χ1v) is 7.72. The third-order valence-electron chi connectivity index (χ3n) is 3.50. The highest BCUT2D eigenvalue weighted by molar-refractivity contribution is 5.85. The molecule has 0 bridgehead atoms. The monoisotopic (exact) mass is 313 g/mol. The van der Waals surface area contributed by atoms with Crippen molar-refractivity contribution in [3.8, 4) is 0 Å². The normalized spacial score (nSPS) is 24.4. The summed E-state index contributed by atoms with van der Waals surface area (Å²) < 4.78 is 4.58. The van der Waals surface area contributed by atoms with Gasteiger partial charge in [-0.2, -0.15) is 0 Å². The van der Waals surface area contributed by atoms with Crippen molar-refractivity contribution < 1.29 is 19.1 Å². The number of carbonyl (C=O) groups excluding carboxylic acids is 3. The average Bonchev–Trinajstić information content (AvgIpc) is 3.07. The Morgan fingerprint density at radius 3 is 2.36 bits per heavy atom. The number of hydrogen-bond donors (Lipinski definition) is 2. The molecule has 0 aromatic carbocycles. The Morgan fingerprint density at radius 1 is 1.27 bits per heavy atom. The number of nitrogens with zero attached hydrogens (tertiary/aromatic N) is 1. The summed E-state index contributed by atoms with van der Waals surface area (Å²) in [6, 6.07) is -0.194. The van der Waals surface area contributed by atoms with Crippen LogP contribution < -0.4 is 11.1 Å². The summed E-state index contributed by atoms with van der Waals surface area (Å²) in [5.74, 6) is 0.122. The first-order chi connectivity index (χ1) is 10.2. The van der Waals surface area contributed by atoms with Gasteiger partial charge in [0.1, 0.15) is 11.9 Å². The second kappa shape index (κ2) is 8.12. The van der Waals surface area contributed by atoms with E-state index in [2.05, 4.69) is 10.1 Å². The van der Waals surface area contributed by atoms with Crippen molar-refractivity contribution in [3.63, 3.8) is 0 Å². The summed E-state index contributed by atoms with van der Waals surface area (Å²) in [7, 11) is 0.